The van der Waals surface area contributed by atoms with E-state index in [0.29, 0.717) is 6.54 Å². The number of rotatable bonds is 4. The molecule has 0 aromatic carbocycles. The molecule has 2 atom stereocenters. The van der Waals surface area contributed by atoms with Gasteiger partial charge in [-0.1, -0.05) is 19.3 Å². The highest BCUT2D eigenvalue weighted by Crippen LogP contribution is 2.26. The van der Waals surface area contributed by atoms with Gasteiger partial charge in [0.25, 0.3) is 0 Å². The topological polar surface area (TPSA) is 79.3 Å². The Hall–Kier alpha value is -2.05. The van der Waals surface area contributed by atoms with Gasteiger partial charge < -0.3 is 15.5 Å². The van der Waals surface area contributed by atoms with Gasteiger partial charge >= 0.3 is 6.03 Å². The van der Waals surface area contributed by atoms with E-state index in [4.69, 9.17) is 0 Å². The summed E-state index contributed by atoms with van der Waals surface area (Å²) in [5.41, 5.74) is 0.971. The van der Waals surface area contributed by atoms with Gasteiger partial charge in [-0.15, -0.1) is 0 Å². The number of aryl methyl sites for hydroxylation is 1. The number of nitrogens with zero attached hydrogens (tertiary/aromatic N) is 3. The van der Waals surface area contributed by atoms with Gasteiger partial charge in [0, 0.05) is 43.9 Å². The minimum atomic E-state index is -0.187. The summed E-state index contributed by atoms with van der Waals surface area (Å²) in [7, 11) is 1.85. The molecule has 138 valence electrons. The van der Waals surface area contributed by atoms with E-state index in [1.165, 1.54) is 19.3 Å². The van der Waals surface area contributed by atoms with E-state index in [1.54, 1.807) is 10.9 Å². The van der Waals surface area contributed by atoms with Crippen molar-refractivity contribution in [1.29, 1.82) is 0 Å². The largest absolute Gasteiger partial charge is 0.340 e. The number of nitrogens with one attached hydrogen (secondary N) is 2. The van der Waals surface area contributed by atoms with Gasteiger partial charge in [0.15, 0.2) is 0 Å². The molecular formula is C18H29N5O2. The molecule has 1 saturated carbocycles. The molecule has 1 aliphatic heterocycles. The SMILES string of the molecule is C[C@H](NC(=O)N[C@H]1CCN(C(=O)C2CCCCC2)C1)c1cnn(C)c1. The van der Waals surface area contributed by atoms with Crippen LogP contribution >= 0.6 is 0 Å². The Balaban J connectivity index is 1.44. The Morgan fingerprint density at radius 2 is 2.00 bits per heavy atom. The number of amides is 3. The third kappa shape index (κ3) is 4.52. The molecule has 2 aliphatic rings. The molecule has 7 nitrogen and oxygen atoms in total. The first-order valence-electron chi connectivity index (χ1n) is 9.37. The first kappa shape index (κ1) is 17.8. The van der Waals surface area contributed by atoms with E-state index in [1.807, 2.05) is 25.1 Å². The highest BCUT2D eigenvalue weighted by Gasteiger charge is 2.32. The fraction of sp³-hybridized carbons (Fsp3) is 0.722. The number of likely N-dealkylation sites (tertiary alicyclic amines) is 1. The normalized spacial score (nSPS) is 22.6. The maximum atomic E-state index is 12.6. The van der Waals surface area contributed by atoms with E-state index in [9.17, 15) is 9.59 Å². The first-order chi connectivity index (χ1) is 12.0. The van der Waals surface area contributed by atoms with Crippen molar-refractivity contribution in [2.45, 2.75) is 57.5 Å². The van der Waals surface area contributed by atoms with Crippen molar-refractivity contribution in [3.8, 4) is 0 Å². The Morgan fingerprint density at radius 3 is 2.68 bits per heavy atom. The summed E-state index contributed by atoms with van der Waals surface area (Å²) < 4.78 is 1.72. The number of carbonyl (C=O) groups is 2. The Bertz CT molecular complexity index is 608. The predicted octanol–water partition coefficient (Wildman–Crippen LogP) is 1.96. The number of carbonyl (C=O) groups excluding carboxylic acids is 2. The summed E-state index contributed by atoms with van der Waals surface area (Å²) in [5.74, 6) is 0.486. The summed E-state index contributed by atoms with van der Waals surface area (Å²) in [6.45, 7) is 3.31. The van der Waals surface area contributed by atoms with Gasteiger partial charge in [-0.25, -0.2) is 4.79 Å². The molecular weight excluding hydrogens is 318 g/mol. The molecule has 2 heterocycles. The zero-order valence-corrected chi connectivity index (χ0v) is 15.2. The lowest BCUT2D eigenvalue weighted by atomic mass is 9.88. The standard InChI is InChI=1S/C18H29N5O2/c1-13(15-10-19-22(2)11-15)20-18(25)21-16-8-9-23(12-16)17(24)14-6-4-3-5-7-14/h10-11,13-14,16H,3-9,12H2,1-2H3,(H2,20,21,25)/t13-,16-/m0/s1. The molecule has 0 radical (unpaired) electrons. The highest BCUT2D eigenvalue weighted by atomic mass is 16.2. The second-order valence-corrected chi connectivity index (χ2v) is 7.39. The van der Waals surface area contributed by atoms with Crippen LogP contribution in [0.4, 0.5) is 4.79 Å². The zero-order valence-electron chi connectivity index (χ0n) is 15.2. The molecule has 1 saturated heterocycles. The number of urea groups is 1. The molecule has 0 unspecified atom stereocenters. The van der Waals surface area contributed by atoms with Crippen molar-refractivity contribution < 1.29 is 9.59 Å². The average molecular weight is 347 g/mol. The van der Waals surface area contributed by atoms with E-state index in [-0.39, 0.29) is 29.9 Å². The molecule has 2 N–H and O–H groups in total. The van der Waals surface area contributed by atoms with Gasteiger partial charge in [0.05, 0.1) is 12.2 Å². The van der Waals surface area contributed by atoms with Gasteiger partial charge in [0.2, 0.25) is 5.91 Å². The second-order valence-electron chi connectivity index (χ2n) is 7.39. The molecule has 0 spiro atoms. The van der Waals surface area contributed by atoms with Gasteiger partial charge in [-0.05, 0) is 26.2 Å². The minimum absolute atomic E-state index is 0.0358. The smallest absolute Gasteiger partial charge is 0.315 e. The van der Waals surface area contributed by atoms with Crippen LogP contribution in [0.1, 0.15) is 57.1 Å². The molecule has 7 heteroatoms. The zero-order chi connectivity index (χ0) is 17.8. The fourth-order valence-corrected chi connectivity index (χ4v) is 3.86. The summed E-state index contributed by atoms with van der Waals surface area (Å²) in [6.07, 6.45) is 10.1. The van der Waals surface area contributed by atoms with Crippen LogP contribution in [0, 0.1) is 5.92 Å². The number of hydrogen-bond donors (Lipinski definition) is 2. The van der Waals surface area contributed by atoms with Crippen molar-refractivity contribution in [1.82, 2.24) is 25.3 Å². The molecule has 3 rings (SSSR count). The minimum Gasteiger partial charge on any atom is -0.340 e. The summed E-state index contributed by atoms with van der Waals surface area (Å²) in [4.78, 5) is 26.7. The second kappa shape index (κ2) is 7.89. The van der Waals surface area contributed by atoms with Crippen molar-refractivity contribution in [3.05, 3.63) is 18.0 Å². The summed E-state index contributed by atoms with van der Waals surface area (Å²) in [5, 5.41) is 10.1. The van der Waals surface area contributed by atoms with Crippen LogP contribution in [-0.2, 0) is 11.8 Å². The van der Waals surface area contributed by atoms with Crippen LogP contribution in [-0.4, -0.2) is 45.8 Å². The van der Waals surface area contributed by atoms with E-state index in [2.05, 4.69) is 15.7 Å². The third-order valence-electron chi connectivity index (χ3n) is 5.36. The fourth-order valence-electron chi connectivity index (χ4n) is 3.86. The maximum Gasteiger partial charge on any atom is 0.315 e. The van der Waals surface area contributed by atoms with Gasteiger partial charge in [-0.3, -0.25) is 9.48 Å². The van der Waals surface area contributed by atoms with Crippen LogP contribution in [0.2, 0.25) is 0 Å². The number of aromatic nitrogens is 2. The molecule has 2 fully saturated rings. The van der Waals surface area contributed by atoms with Crippen LogP contribution in [0.15, 0.2) is 12.4 Å². The average Bonchev–Trinajstić information content (AvgIpc) is 3.24. The van der Waals surface area contributed by atoms with Crippen molar-refractivity contribution in [2.24, 2.45) is 13.0 Å². The summed E-state index contributed by atoms with van der Waals surface area (Å²) in [6, 6.07) is -0.253. The lowest BCUT2D eigenvalue weighted by Crippen LogP contribution is -2.45. The van der Waals surface area contributed by atoms with E-state index in [0.717, 1.165) is 31.4 Å². The van der Waals surface area contributed by atoms with Gasteiger partial charge in [0.1, 0.15) is 0 Å². The Labute approximate surface area is 149 Å². The monoisotopic (exact) mass is 347 g/mol. The summed E-state index contributed by atoms with van der Waals surface area (Å²) >= 11 is 0. The van der Waals surface area contributed by atoms with Crippen LogP contribution in [0.5, 0.6) is 0 Å². The maximum absolute atomic E-state index is 12.6. The predicted molar refractivity (Wildman–Crippen MR) is 94.9 cm³/mol. The highest BCUT2D eigenvalue weighted by molar-refractivity contribution is 5.79. The molecule has 1 aromatic rings. The van der Waals surface area contributed by atoms with Crippen molar-refractivity contribution >= 4 is 11.9 Å². The third-order valence-corrected chi connectivity index (χ3v) is 5.36. The molecule has 25 heavy (non-hydrogen) atoms. The quantitative estimate of drug-likeness (QED) is 0.874. The van der Waals surface area contributed by atoms with Crippen LogP contribution in [0.3, 0.4) is 0 Å². The van der Waals surface area contributed by atoms with Gasteiger partial charge in [-0.2, -0.15) is 5.10 Å². The molecule has 1 aromatic heterocycles. The van der Waals surface area contributed by atoms with Crippen molar-refractivity contribution in [2.75, 3.05) is 13.1 Å². The molecule has 3 amide bonds. The van der Waals surface area contributed by atoms with Crippen LogP contribution in [0.25, 0.3) is 0 Å². The van der Waals surface area contributed by atoms with E-state index < -0.39 is 0 Å². The Kier molecular flexibility index (Phi) is 5.60. The first-order valence-corrected chi connectivity index (χ1v) is 9.37. The lowest BCUT2D eigenvalue weighted by molar-refractivity contribution is -0.135. The molecule has 1 aliphatic carbocycles. The lowest BCUT2D eigenvalue weighted by Gasteiger charge is -2.26. The van der Waals surface area contributed by atoms with E-state index >= 15 is 0 Å². The Morgan fingerprint density at radius 1 is 1.24 bits per heavy atom. The number of hydrogen-bond acceptors (Lipinski definition) is 3. The van der Waals surface area contributed by atoms with Crippen LogP contribution < -0.4 is 10.6 Å². The molecule has 0 bridgehead atoms. The van der Waals surface area contributed by atoms with Crippen molar-refractivity contribution in [3.63, 3.8) is 0 Å².